The third-order valence-corrected chi connectivity index (χ3v) is 2.82. The van der Waals surface area contributed by atoms with Gasteiger partial charge in [-0.3, -0.25) is 0 Å². The first kappa shape index (κ1) is 11.8. The van der Waals surface area contributed by atoms with Crippen molar-refractivity contribution in [3.8, 4) is 10.4 Å². The molecule has 2 rings (SSSR count). The first-order valence-electron chi connectivity index (χ1n) is 4.16. The zero-order chi connectivity index (χ0) is 12.7. The molecule has 0 amide bonds. The first-order valence-corrected chi connectivity index (χ1v) is 4.98. The Morgan fingerprint density at radius 3 is 1.76 bits per heavy atom. The van der Waals surface area contributed by atoms with Crippen LogP contribution in [0.2, 0.25) is 0 Å². The molecule has 17 heavy (non-hydrogen) atoms. The Balaban J connectivity index is 2.78. The van der Waals surface area contributed by atoms with Crippen molar-refractivity contribution in [2.75, 3.05) is 5.73 Å². The van der Waals surface area contributed by atoms with E-state index in [-0.39, 0.29) is 10.0 Å². The molecule has 0 aliphatic rings. The second-order valence-electron chi connectivity index (χ2n) is 3.01. The monoisotopic (exact) mass is 266 g/mol. The number of benzene rings is 1. The molecule has 0 radical (unpaired) electrons. The van der Waals surface area contributed by atoms with Gasteiger partial charge in [0.15, 0.2) is 28.4 Å². The van der Waals surface area contributed by atoms with Gasteiger partial charge in [0.05, 0.1) is 10.4 Å². The van der Waals surface area contributed by atoms with Crippen LogP contribution in [0.4, 0.5) is 27.1 Å². The van der Waals surface area contributed by atoms with Crippen molar-refractivity contribution in [1.29, 1.82) is 0 Å². The van der Waals surface area contributed by atoms with E-state index >= 15 is 0 Å². The Morgan fingerprint density at radius 2 is 1.35 bits per heavy atom. The molecule has 0 saturated heterocycles. The van der Waals surface area contributed by atoms with Gasteiger partial charge in [-0.2, -0.15) is 0 Å². The fourth-order valence-corrected chi connectivity index (χ4v) is 1.94. The molecule has 2 nitrogen and oxygen atoms in total. The molecule has 0 bridgehead atoms. The number of hydrogen-bond acceptors (Lipinski definition) is 3. The van der Waals surface area contributed by atoms with Gasteiger partial charge in [0, 0.05) is 6.20 Å². The quantitative estimate of drug-likeness (QED) is 0.489. The summed E-state index contributed by atoms with van der Waals surface area (Å²) in [6.07, 6.45) is 0.943. The fraction of sp³-hybridized carbons (Fsp3) is 0. The number of nitrogen functional groups attached to an aromatic ring is 1. The van der Waals surface area contributed by atoms with Crippen molar-refractivity contribution in [3.05, 3.63) is 35.3 Å². The second-order valence-corrected chi connectivity index (χ2v) is 4.07. The SMILES string of the molecule is Nc1ncc(-c2c(F)c(F)c(F)c(F)c2F)s1. The van der Waals surface area contributed by atoms with Crippen LogP contribution >= 0.6 is 11.3 Å². The number of anilines is 1. The highest BCUT2D eigenvalue weighted by atomic mass is 32.1. The van der Waals surface area contributed by atoms with E-state index in [4.69, 9.17) is 5.73 Å². The third-order valence-electron chi connectivity index (χ3n) is 1.98. The Bertz CT molecular complexity index is 566. The minimum atomic E-state index is -2.19. The molecule has 0 saturated carbocycles. The molecule has 8 heteroatoms. The maximum Gasteiger partial charge on any atom is 0.200 e. The molecule has 0 fully saturated rings. The number of aromatic nitrogens is 1. The number of hydrogen-bond donors (Lipinski definition) is 1. The summed E-state index contributed by atoms with van der Waals surface area (Å²) in [7, 11) is 0. The Morgan fingerprint density at radius 1 is 0.882 bits per heavy atom. The van der Waals surface area contributed by atoms with Gasteiger partial charge in [-0.05, 0) is 0 Å². The lowest BCUT2D eigenvalue weighted by atomic mass is 10.1. The summed E-state index contributed by atoms with van der Waals surface area (Å²) in [6, 6.07) is 0. The van der Waals surface area contributed by atoms with Crippen LogP contribution in [0.15, 0.2) is 6.20 Å². The van der Waals surface area contributed by atoms with E-state index in [0.717, 1.165) is 6.20 Å². The van der Waals surface area contributed by atoms with E-state index in [1.54, 1.807) is 0 Å². The Hall–Kier alpha value is -1.70. The van der Waals surface area contributed by atoms with Gasteiger partial charge >= 0.3 is 0 Å². The first-order chi connectivity index (χ1) is 7.93. The molecule has 2 aromatic rings. The van der Waals surface area contributed by atoms with Crippen LogP contribution in [0.1, 0.15) is 0 Å². The van der Waals surface area contributed by atoms with Gasteiger partial charge in [-0.15, -0.1) is 0 Å². The van der Waals surface area contributed by atoms with Crippen molar-refractivity contribution in [2.45, 2.75) is 0 Å². The summed E-state index contributed by atoms with van der Waals surface area (Å²) in [5.74, 6) is -9.98. The zero-order valence-corrected chi connectivity index (χ0v) is 8.72. The van der Waals surface area contributed by atoms with Crippen LogP contribution < -0.4 is 5.73 Å². The summed E-state index contributed by atoms with van der Waals surface area (Å²) in [6.45, 7) is 0. The van der Waals surface area contributed by atoms with E-state index in [1.807, 2.05) is 0 Å². The molecule has 0 atom stereocenters. The van der Waals surface area contributed by atoms with Crippen molar-refractivity contribution in [1.82, 2.24) is 4.98 Å². The predicted octanol–water partition coefficient (Wildman–Crippen LogP) is 3.09. The van der Waals surface area contributed by atoms with Crippen LogP contribution in [-0.2, 0) is 0 Å². The lowest BCUT2D eigenvalue weighted by molar-refractivity contribution is 0.381. The molecule has 0 spiro atoms. The van der Waals surface area contributed by atoms with Gasteiger partial charge in [-0.25, -0.2) is 26.9 Å². The lowest BCUT2D eigenvalue weighted by Gasteiger charge is -2.05. The minimum Gasteiger partial charge on any atom is -0.375 e. The van der Waals surface area contributed by atoms with Gasteiger partial charge in [0.2, 0.25) is 5.82 Å². The van der Waals surface area contributed by atoms with Crippen molar-refractivity contribution in [2.24, 2.45) is 0 Å². The van der Waals surface area contributed by atoms with Crippen LogP contribution in [0.5, 0.6) is 0 Å². The largest absolute Gasteiger partial charge is 0.375 e. The standard InChI is InChI=1S/C9H3F5N2S/c10-4-3(2-1-16-9(15)17-2)5(11)7(13)8(14)6(4)12/h1H,(H2,15,16). The zero-order valence-electron chi connectivity index (χ0n) is 7.90. The van der Waals surface area contributed by atoms with Gasteiger partial charge < -0.3 is 5.73 Å². The molecule has 90 valence electrons. The van der Waals surface area contributed by atoms with E-state index in [2.05, 4.69) is 4.98 Å². The average molecular weight is 266 g/mol. The molecule has 1 aromatic heterocycles. The van der Waals surface area contributed by atoms with Crippen molar-refractivity contribution < 1.29 is 22.0 Å². The molecular weight excluding hydrogens is 263 g/mol. The van der Waals surface area contributed by atoms with E-state index in [9.17, 15) is 22.0 Å². The fourth-order valence-electron chi connectivity index (χ4n) is 1.22. The van der Waals surface area contributed by atoms with Gasteiger partial charge in [0.25, 0.3) is 0 Å². The van der Waals surface area contributed by atoms with Gasteiger partial charge in [0.1, 0.15) is 0 Å². The van der Waals surface area contributed by atoms with E-state index in [1.165, 1.54) is 0 Å². The molecule has 1 aromatic carbocycles. The van der Waals surface area contributed by atoms with Gasteiger partial charge in [-0.1, -0.05) is 11.3 Å². The topological polar surface area (TPSA) is 38.9 Å². The highest BCUT2D eigenvalue weighted by molar-refractivity contribution is 7.18. The van der Waals surface area contributed by atoms with E-state index in [0.29, 0.717) is 11.3 Å². The lowest BCUT2D eigenvalue weighted by Crippen LogP contribution is -2.03. The van der Waals surface area contributed by atoms with Crippen LogP contribution in [0.3, 0.4) is 0 Å². The summed E-state index contributed by atoms with van der Waals surface area (Å²) >= 11 is 0.623. The molecule has 1 heterocycles. The predicted molar refractivity (Wildman–Crippen MR) is 51.8 cm³/mol. The van der Waals surface area contributed by atoms with Crippen LogP contribution in [-0.4, -0.2) is 4.98 Å². The molecule has 0 aliphatic heterocycles. The maximum atomic E-state index is 13.3. The second kappa shape index (κ2) is 3.95. The van der Waals surface area contributed by atoms with Crippen molar-refractivity contribution >= 4 is 16.5 Å². The summed E-state index contributed by atoms with van der Waals surface area (Å²) in [4.78, 5) is 3.25. The summed E-state index contributed by atoms with van der Waals surface area (Å²) in [5.41, 5.74) is 4.21. The maximum absolute atomic E-state index is 13.3. The van der Waals surface area contributed by atoms with Crippen LogP contribution in [0, 0.1) is 29.1 Å². The molecule has 2 N–H and O–H groups in total. The number of nitrogens with zero attached hydrogens (tertiary/aromatic N) is 1. The summed E-state index contributed by atoms with van der Waals surface area (Å²) < 4.78 is 65.2. The number of nitrogens with two attached hydrogens (primary N) is 1. The smallest absolute Gasteiger partial charge is 0.200 e. The highest BCUT2D eigenvalue weighted by Gasteiger charge is 2.27. The molecular formula is C9H3F5N2S. The van der Waals surface area contributed by atoms with E-state index < -0.39 is 34.6 Å². The minimum absolute atomic E-state index is 0.0380. The van der Waals surface area contributed by atoms with Crippen molar-refractivity contribution in [3.63, 3.8) is 0 Å². The summed E-state index contributed by atoms with van der Waals surface area (Å²) in [5, 5.41) is -0.0380. The third kappa shape index (κ3) is 1.74. The Labute approximate surface area is 95.5 Å². The number of rotatable bonds is 1. The van der Waals surface area contributed by atoms with Crippen LogP contribution in [0.25, 0.3) is 10.4 Å². The highest BCUT2D eigenvalue weighted by Crippen LogP contribution is 2.35. The number of halogens is 5. The molecule has 0 unspecified atom stereocenters. The number of thiazole rings is 1. The molecule has 0 aliphatic carbocycles. The average Bonchev–Trinajstić information content (AvgIpc) is 2.71. The normalized spacial score (nSPS) is 10.9. The Kier molecular flexibility index (Phi) is 2.74.